The van der Waals surface area contributed by atoms with E-state index in [4.69, 9.17) is 0 Å². The fraction of sp³-hybridized carbons (Fsp3) is 0.500. The topological polar surface area (TPSA) is 12.0 Å². The third kappa shape index (κ3) is 2.82. The number of hydrogen-bond acceptors (Lipinski definition) is 2. The van der Waals surface area contributed by atoms with Crippen molar-refractivity contribution in [1.82, 2.24) is 5.32 Å². The largest absolute Gasteiger partial charge is 0.312 e. The zero-order valence-electron chi connectivity index (χ0n) is 11.5. The average Bonchev–Trinajstić information content (AvgIpc) is 3.11. The molecule has 0 unspecified atom stereocenters. The highest BCUT2D eigenvalue weighted by molar-refractivity contribution is 7.19. The second-order valence-electron chi connectivity index (χ2n) is 5.88. The van der Waals surface area contributed by atoms with Crippen molar-refractivity contribution in [2.24, 2.45) is 5.92 Å². The fourth-order valence-electron chi connectivity index (χ4n) is 2.56. The summed E-state index contributed by atoms with van der Waals surface area (Å²) in [6, 6.07) is 5.21. The monoisotopic (exact) mass is 277 g/mol. The number of thiophene rings is 1. The van der Waals surface area contributed by atoms with Crippen LogP contribution in [0.1, 0.15) is 43.0 Å². The van der Waals surface area contributed by atoms with Crippen molar-refractivity contribution in [1.29, 1.82) is 0 Å². The van der Waals surface area contributed by atoms with E-state index in [1.165, 1.54) is 28.0 Å². The van der Waals surface area contributed by atoms with Crippen LogP contribution in [0.2, 0.25) is 0 Å². The van der Waals surface area contributed by atoms with Crippen molar-refractivity contribution in [3.05, 3.63) is 34.5 Å². The van der Waals surface area contributed by atoms with Crippen LogP contribution in [-0.2, 0) is 6.54 Å². The molecule has 1 aliphatic carbocycles. The Morgan fingerprint density at radius 2 is 2.16 bits per heavy atom. The van der Waals surface area contributed by atoms with Crippen molar-refractivity contribution in [2.45, 2.75) is 39.2 Å². The highest BCUT2D eigenvalue weighted by atomic mass is 32.1. The maximum atomic E-state index is 13.5. The van der Waals surface area contributed by atoms with Gasteiger partial charge in [0.1, 0.15) is 5.82 Å². The van der Waals surface area contributed by atoms with Gasteiger partial charge in [-0.25, -0.2) is 4.39 Å². The van der Waals surface area contributed by atoms with Crippen LogP contribution in [0.4, 0.5) is 4.39 Å². The first kappa shape index (κ1) is 13.1. The summed E-state index contributed by atoms with van der Waals surface area (Å²) >= 11 is 1.82. The van der Waals surface area contributed by atoms with Gasteiger partial charge in [0.25, 0.3) is 0 Å². The van der Waals surface area contributed by atoms with Gasteiger partial charge in [-0.3, -0.25) is 0 Å². The third-order valence-corrected chi connectivity index (χ3v) is 4.78. The third-order valence-electron chi connectivity index (χ3n) is 3.59. The van der Waals surface area contributed by atoms with E-state index in [1.807, 2.05) is 17.4 Å². The summed E-state index contributed by atoms with van der Waals surface area (Å²) in [5.41, 5.74) is 1.41. The summed E-state index contributed by atoms with van der Waals surface area (Å²) in [7, 11) is 0. The molecule has 0 aliphatic heterocycles. The van der Waals surface area contributed by atoms with Gasteiger partial charge in [-0.15, -0.1) is 11.3 Å². The maximum Gasteiger partial charge on any atom is 0.123 e. The molecule has 0 atom stereocenters. The minimum atomic E-state index is -0.117. The number of benzene rings is 1. The Morgan fingerprint density at radius 1 is 1.37 bits per heavy atom. The molecule has 0 saturated heterocycles. The van der Waals surface area contributed by atoms with Crippen LogP contribution in [0, 0.1) is 11.7 Å². The lowest BCUT2D eigenvalue weighted by Crippen LogP contribution is -2.18. The lowest BCUT2D eigenvalue weighted by Gasteiger charge is -2.08. The number of hydrogen-bond donors (Lipinski definition) is 1. The van der Waals surface area contributed by atoms with E-state index in [-0.39, 0.29) is 5.82 Å². The Balaban J connectivity index is 1.91. The normalized spacial score (nSPS) is 15.6. The number of fused-ring (bicyclic) bond motifs is 1. The zero-order chi connectivity index (χ0) is 13.4. The number of nitrogens with one attached hydrogen (secondary N) is 1. The Labute approximate surface area is 117 Å². The van der Waals surface area contributed by atoms with Crippen LogP contribution in [0.3, 0.4) is 0 Å². The molecule has 1 aromatic heterocycles. The molecule has 3 rings (SSSR count). The van der Waals surface area contributed by atoms with Crippen molar-refractivity contribution < 1.29 is 4.39 Å². The van der Waals surface area contributed by atoms with Gasteiger partial charge in [-0.1, -0.05) is 13.8 Å². The lowest BCUT2D eigenvalue weighted by molar-refractivity contribution is 0.554. The molecule has 0 bridgehead atoms. The molecule has 0 radical (unpaired) electrons. The number of rotatable bonds is 5. The first-order valence-corrected chi connectivity index (χ1v) is 7.88. The highest BCUT2D eigenvalue weighted by Crippen LogP contribution is 2.48. The molecule has 0 spiro atoms. The molecule has 1 saturated carbocycles. The Hall–Kier alpha value is -0.930. The summed E-state index contributed by atoms with van der Waals surface area (Å²) in [6.45, 7) is 6.39. The van der Waals surface area contributed by atoms with Gasteiger partial charge < -0.3 is 5.32 Å². The molecule has 1 heterocycles. The molecule has 1 aliphatic rings. The van der Waals surface area contributed by atoms with E-state index in [2.05, 4.69) is 19.2 Å². The molecular formula is C16H20FNS. The molecule has 2 aromatic rings. The average molecular weight is 277 g/mol. The summed E-state index contributed by atoms with van der Waals surface area (Å²) < 4.78 is 14.7. The van der Waals surface area contributed by atoms with Gasteiger partial charge in [0, 0.05) is 16.1 Å². The molecule has 1 aromatic carbocycles. The highest BCUT2D eigenvalue weighted by Gasteiger charge is 2.29. The molecule has 102 valence electrons. The van der Waals surface area contributed by atoms with Crippen molar-refractivity contribution in [3.63, 3.8) is 0 Å². The Morgan fingerprint density at radius 3 is 2.84 bits per heavy atom. The van der Waals surface area contributed by atoms with E-state index in [0.29, 0.717) is 11.8 Å². The summed E-state index contributed by atoms with van der Waals surface area (Å²) in [5.74, 6) is 1.22. The van der Waals surface area contributed by atoms with E-state index >= 15 is 0 Å². The molecule has 19 heavy (non-hydrogen) atoms. The Bertz CT molecular complexity index is 584. The van der Waals surface area contributed by atoms with Crippen molar-refractivity contribution in [2.75, 3.05) is 6.54 Å². The molecule has 1 N–H and O–H groups in total. The van der Waals surface area contributed by atoms with E-state index in [9.17, 15) is 4.39 Å². The van der Waals surface area contributed by atoms with Crippen molar-refractivity contribution >= 4 is 21.4 Å². The van der Waals surface area contributed by atoms with Gasteiger partial charge in [0.05, 0.1) is 0 Å². The minimum absolute atomic E-state index is 0.117. The molecular weight excluding hydrogens is 257 g/mol. The van der Waals surface area contributed by atoms with Gasteiger partial charge in [0.2, 0.25) is 0 Å². The van der Waals surface area contributed by atoms with Crippen LogP contribution in [-0.4, -0.2) is 6.54 Å². The first-order valence-electron chi connectivity index (χ1n) is 7.06. The van der Waals surface area contributed by atoms with Crippen LogP contribution in [0.25, 0.3) is 10.1 Å². The van der Waals surface area contributed by atoms with E-state index < -0.39 is 0 Å². The van der Waals surface area contributed by atoms with Crippen LogP contribution < -0.4 is 5.32 Å². The second kappa shape index (κ2) is 5.22. The molecule has 0 amide bonds. The smallest absolute Gasteiger partial charge is 0.123 e. The summed E-state index contributed by atoms with van der Waals surface area (Å²) in [4.78, 5) is 1.41. The fourth-order valence-corrected chi connectivity index (χ4v) is 3.81. The standard InChI is InChI=1S/C16H20FNS/c1-10(2)8-18-9-15-16(11-3-4-11)13-7-12(17)5-6-14(13)19-15/h5-7,10-11,18H,3-4,8-9H2,1-2H3. The Kier molecular flexibility index (Phi) is 3.59. The molecule has 1 fully saturated rings. The predicted octanol–water partition coefficient (Wildman–Crippen LogP) is 4.66. The first-order chi connectivity index (χ1) is 9.15. The predicted molar refractivity (Wildman–Crippen MR) is 80.3 cm³/mol. The molecule has 1 nitrogen and oxygen atoms in total. The minimum Gasteiger partial charge on any atom is -0.312 e. The van der Waals surface area contributed by atoms with Gasteiger partial charge in [-0.05, 0) is 60.4 Å². The van der Waals surface area contributed by atoms with Crippen LogP contribution in [0.5, 0.6) is 0 Å². The quantitative estimate of drug-likeness (QED) is 0.838. The SMILES string of the molecule is CC(C)CNCc1sc2ccc(F)cc2c1C1CC1. The van der Waals surface area contributed by atoms with E-state index in [1.54, 1.807) is 12.1 Å². The number of halogens is 1. The second-order valence-corrected chi connectivity index (χ2v) is 7.02. The summed E-state index contributed by atoms with van der Waals surface area (Å²) in [5, 5.41) is 4.66. The molecule has 3 heteroatoms. The van der Waals surface area contributed by atoms with Crippen LogP contribution in [0.15, 0.2) is 18.2 Å². The van der Waals surface area contributed by atoms with Crippen LogP contribution >= 0.6 is 11.3 Å². The van der Waals surface area contributed by atoms with E-state index in [0.717, 1.165) is 18.5 Å². The summed E-state index contributed by atoms with van der Waals surface area (Å²) in [6.07, 6.45) is 2.53. The van der Waals surface area contributed by atoms with Gasteiger partial charge >= 0.3 is 0 Å². The van der Waals surface area contributed by atoms with Gasteiger partial charge in [0.15, 0.2) is 0 Å². The van der Waals surface area contributed by atoms with Gasteiger partial charge in [-0.2, -0.15) is 0 Å². The maximum absolute atomic E-state index is 13.5. The zero-order valence-corrected chi connectivity index (χ0v) is 12.3. The van der Waals surface area contributed by atoms with Crippen molar-refractivity contribution in [3.8, 4) is 0 Å². The lowest BCUT2D eigenvalue weighted by atomic mass is 10.1.